The number of thioether (sulfide) groups is 1. The van der Waals surface area contributed by atoms with Crippen LogP contribution in [0.15, 0.2) is 22.2 Å². The van der Waals surface area contributed by atoms with Gasteiger partial charge in [0.2, 0.25) is 0 Å². The molecule has 1 atom stereocenters. The molecule has 4 N–H and O–H groups in total. The molecule has 1 aromatic rings. The third-order valence-electron chi connectivity index (χ3n) is 2.26. The van der Waals surface area contributed by atoms with Crippen molar-refractivity contribution in [2.45, 2.75) is 23.5 Å². The molecule has 1 aromatic carbocycles. The Morgan fingerprint density at radius 2 is 2.00 bits per heavy atom. The van der Waals surface area contributed by atoms with Gasteiger partial charge < -0.3 is 16.0 Å². The smallest absolute Gasteiger partial charge is 0.170 e. The maximum absolute atomic E-state index is 13.7. The highest BCUT2D eigenvalue weighted by atomic mass is 32.2. The second kappa shape index (κ2) is 6.55. The van der Waals surface area contributed by atoms with Crippen LogP contribution in [0, 0.1) is 11.6 Å². The SMILES string of the molecule is CC(CCO)Sc1c(F)cc(C(N)=NO)cc1F. The highest BCUT2D eigenvalue weighted by molar-refractivity contribution is 8.00. The van der Waals surface area contributed by atoms with Crippen molar-refractivity contribution < 1.29 is 19.1 Å². The van der Waals surface area contributed by atoms with E-state index in [1.165, 1.54) is 0 Å². The molecule has 0 heterocycles. The van der Waals surface area contributed by atoms with Gasteiger partial charge in [-0.3, -0.25) is 0 Å². The molecule has 0 amide bonds. The van der Waals surface area contributed by atoms with Gasteiger partial charge in [0.05, 0.1) is 4.90 Å². The number of nitrogens with two attached hydrogens (primary N) is 1. The number of nitrogens with zero attached hydrogens (tertiary/aromatic N) is 1. The summed E-state index contributed by atoms with van der Waals surface area (Å²) in [5.41, 5.74) is 5.24. The van der Waals surface area contributed by atoms with Gasteiger partial charge in [-0.2, -0.15) is 0 Å². The van der Waals surface area contributed by atoms with E-state index in [-0.39, 0.29) is 28.2 Å². The Balaban J connectivity index is 3.01. The fraction of sp³-hybridized carbons (Fsp3) is 0.364. The quantitative estimate of drug-likeness (QED) is 0.252. The molecule has 4 nitrogen and oxygen atoms in total. The van der Waals surface area contributed by atoms with Gasteiger partial charge in [-0.15, -0.1) is 11.8 Å². The number of benzene rings is 1. The number of aliphatic hydroxyl groups excluding tert-OH is 1. The van der Waals surface area contributed by atoms with Crippen molar-refractivity contribution in [2.75, 3.05) is 6.61 Å². The second-order valence-electron chi connectivity index (χ2n) is 3.70. The molecule has 0 aromatic heterocycles. The summed E-state index contributed by atoms with van der Waals surface area (Å²) in [6.07, 6.45) is 0.436. The normalized spacial score (nSPS) is 13.7. The second-order valence-corrected chi connectivity index (χ2v) is 5.14. The Morgan fingerprint density at radius 1 is 1.44 bits per heavy atom. The van der Waals surface area contributed by atoms with Crippen LogP contribution in [0.1, 0.15) is 18.9 Å². The largest absolute Gasteiger partial charge is 0.409 e. The third-order valence-corrected chi connectivity index (χ3v) is 3.52. The molecule has 0 bridgehead atoms. The minimum atomic E-state index is -0.772. The topological polar surface area (TPSA) is 78.8 Å². The Bertz CT molecular complexity index is 432. The molecular formula is C11H14F2N2O2S. The fourth-order valence-corrected chi connectivity index (χ4v) is 2.29. The van der Waals surface area contributed by atoms with Gasteiger partial charge in [-0.05, 0) is 18.6 Å². The van der Waals surface area contributed by atoms with E-state index >= 15 is 0 Å². The molecule has 0 aliphatic heterocycles. The summed E-state index contributed by atoms with van der Waals surface area (Å²) >= 11 is 0.996. The summed E-state index contributed by atoms with van der Waals surface area (Å²) in [7, 11) is 0. The van der Waals surface area contributed by atoms with E-state index in [1.807, 2.05) is 0 Å². The van der Waals surface area contributed by atoms with Crippen LogP contribution < -0.4 is 5.73 Å². The standard InChI is InChI=1S/C11H14F2N2O2S/c1-6(2-3-16)18-10-8(12)4-7(5-9(10)13)11(14)15-17/h4-6,16-17H,2-3H2,1H3,(H2,14,15). The molecule has 0 spiro atoms. The highest BCUT2D eigenvalue weighted by Crippen LogP contribution is 2.30. The highest BCUT2D eigenvalue weighted by Gasteiger charge is 2.16. The Morgan fingerprint density at radius 3 is 2.44 bits per heavy atom. The van der Waals surface area contributed by atoms with Gasteiger partial charge in [-0.25, -0.2) is 8.78 Å². The number of hydrogen-bond donors (Lipinski definition) is 3. The van der Waals surface area contributed by atoms with Gasteiger partial charge in [0.25, 0.3) is 0 Å². The first-order valence-corrected chi connectivity index (χ1v) is 6.12. The maximum atomic E-state index is 13.7. The fourth-order valence-electron chi connectivity index (χ4n) is 1.32. The van der Waals surface area contributed by atoms with E-state index in [1.54, 1.807) is 6.92 Å². The molecule has 1 rings (SSSR count). The van der Waals surface area contributed by atoms with Crippen LogP contribution in [-0.4, -0.2) is 28.0 Å². The van der Waals surface area contributed by atoms with Crippen LogP contribution in [0.5, 0.6) is 0 Å². The van der Waals surface area contributed by atoms with Crippen molar-refractivity contribution in [3.05, 3.63) is 29.3 Å². The Hall–Kier alpha value is -1.34. The lowest BCUT2D eigenvalue weighted by atomic mass is 10.2. The molecule has 0 aliphatic rings. The number of aliphatic hydroxyl groups is 1. The molecule has 100 valence electrons. The first kappa shape index (κ1) is 14.7. The van der Waals surface area contributed by atoms with Crippen LogP contribution >= 0.6 is 11.8 Å². The van der Waals surface area contributed by atoms with Crippen molar-refractivity contribution in [3.8, 4) is 0 Å². The molecule has 0 saturated carbocycles. The van der Waals surface area contributed by atoms with Crippen LogP contribution in [-0.2, 0) is 0 Å². The molecule has 7 heteroatoms. The molecule has 18 heavy (non-hydrogen) atoms. The van der Waals surface area contributed by atoms with Crippen molar-refractivity contribution in [1.82, 2.24) is 0 Å². The van der Waals surface area contributed by atoms with E-state index < -0.39 is 11.6 Å². The molecule has 0 aliphatic carbocycles. The molecular weight excluding hydrogens is 262 g/mol. The number of oxime groups is 1. The molecule has 1 unspecified atom stereocenters. The van der Waals surface area contributed by atoms with Gasteiger partial charge in [0, 0.05) is 17.4 Å². The average Bonchev–Trinajstić information content (AvgIpc) is 2.32. The molecule has 0 radical (unpaired) electrons. The van der Waals surface area contributed by atoms with E-state index in [0.717, 1.165) is 23.9 Å². The van der Waals surface area contributed by atoms with E-state index in [4.69, 9.17) is 16.0 Å². The van der Waals surface area contributed by atoms with Crippen LogP contribution in [0.2, 0.25) is 0 Å². The summed E-state index contributed by atoms with van der Waals surface area (Å²) < 4.78 is 27.4. The van der Waals surface area contributed by atoms with E-state index in [0.29, 0.717) is 6.42 Å². The predicted molar refractivity (Wildman–Crippen MR) is 65.9 cm³/mol. The lowest BCUT2D eigenvalue weighted by molar-refractivity contribution is 0.289. The number of amidine groups is 1. The minimum Gasteiger partial charge on any atom is -0.409 e. The minimum absolute atomic E-state index is 0.0216. The first-order chi connectivity index (χ1) is 8.49. The summed E-state index contributed by atoms with van der Waals surface area (Å²) in [5, 5.41) is 19.7. The summed E-state index contributed by atoms with van der Waals surface area (Å²) in [5.74, 6) is -1.90. The van der Waals surface area contributed by atoms with Gasteiger partial charge >= 0.3 is 0 Å². The van der Waals surface area contributed by atoms with Crippen LogP contribution in [0.25, 0.3) is 0 Å². The number of halogens is 2. The van der Waals surface area contributed by atoms with Gasteiger partial charge in [0.15, 0.2) is 5.84 Å². The zero-order valence-electron chi connectivity index (χ0n) is 9.73. The molecule has 0 fully saturated rings. The van der Waals surface area contributed by atoms with Crippen LogP contribution in [0.3, 0.4) is 0 Å². The van der Waals surface area contributed by atoms with E-state index in [9.17, 15) is 8.78 Å². The lowest BCUT2D eigenvalue weighted by Crippen LogP contribution is -2.14. The predicted octanol–water partition coefficient (Wildman–Crippen LogP) is 1.92. The van der Waals surface area contributed by atoms with Crippen molar-refractivity contribution in [3.63, 3.8) is 0 Å². The van der Waals surface area contributed by atoms with Crippen molar-refractivity contribution in [2.24, 2.45) is 10.9 Å². The lowest BCUT2D eigenvalue weighted by Gasteiger charge is -2.12. The summed E-state index contributed by atoms with van der Waals surface area (Å²) in [6.45, 7) is 1.72. The van der Waals surface area contributed by atoms with Gasteiger partial charge in [0.1, 0.15) is 11.6 Å². The summed E-state index contributed by atoms with van der Waals surface area (Å²) in [4.78, 5) is -0.134. The monoisotopic (exact) mass is 276 g/mol. The Kier molecular flexibility index (Phi) is 5.36. The third kappa shape index (κ3) is 3.58. The van der Waals surface area contributed by atoms with Crippen LogP contribution in [0.4, 0.5) is 8.78 Å². The van der Waals surface area contributed by atoms with Crippen molar-refractivity contribution in [1.29, 1.82) is 0 Å². The zero-order valence-corrected chi connectivity index (χ0v) is 10.5. The number of hydrogen-bond acceptors (Lipinski definition) is 4. The Labute approximate surface area is 107 Å². The molecule has 0 saturated heterocycles. The van der Waals surface area contributed by atoms with E-state index in [2.05, 4.69) is 5.16 Å². The maximum Gasteiger partial charge on any atom is 0.170 e. The zero-order chi connectivity index (χ0) is 13.7. The first-order valence-electron chi connectivity index (χ1n) is 5.24. The average molecular weight is 276 g/mol. The van der Waals surface area contributed by atoms with Crippen molar-refractivity contribution >= 4 is 17.6 Å². The van der Waals surface area contributed by atoms with Gasteiger partial charge in [-0.1, -0.05) is 12.1 Å². The summed E-state index contributed by atoms with van der Waals surface area (Å²) in [6, 6.07) is 2.01. The number of rotatable bonds is 5.